The fraction of sp³-hybridized carbons (Fsp3) is 0.412. The van der Waals surface area contributed by atoms with E-state index in [1.165, 1.54) is 40.8 Å². The van der Waals surface area contributed by atoms with Crippen LogP contribution in [0.25, 0.3) is 18.2 Å². The van der Waals surface area contributed by atoms with Gasteiger partial charge in [0.25, 0.3) is 0 Å². The van der Waals surface area contributed by atoms with E-state index in [9.17, 15) is 0 Å². The third-order valence-corrected chi connectivity index (χ3v) is 4.78. The maximum Gasteiger partial charge on any atom is -0.00840 e. The van der Waals surface area contributed by atoms with Crippen molar-refractivity contribution >= 4 is 18.2 Å². The van der Waals surface area contributed by atoms with Crippen molar-refractivity contribution in [2.24, 2.45) is 5.92 Å². The van der Waals surface area contributed by atoms with Crippen molar-refractivity contribution < 1.29 is 0 Å². The molecule has 1 fully saturated rings. The Hall–Kier alpha value is -1.30. The molecule has 0 nitrogen and oxygen atoms in total. The van der Waals surface area contributed by atoms with Gasteiger partial charge >= 0.3 is 0 Å². The van der Waals surface area contributed by atoms with Gasteiger partial charge in [-0.15, -0.1) is 0 Å². The normalized spacial score (nSPS) is 27.4. The van der Waals surface area contributed by atoms with Crippen molar-refractivity contribution in [3.05, 3.63) is 38.8 Å². The highest BCUT2D eigenvalue weighted by atomic mass is 14.4. The molecule has 0 N–H and O–H groups in total. The molecule has 0 aliphatic heterocycles. The number of benzene rings is 1. The molecule has 2 unspecified atom stereocenters. The standard InChI is InChI=1S/C17H18/c1-10-13-5-3-4-6-14(13)11(2)17-15(10)8-7-12-9-16(12)17/h5-8,12,16H,3-4,9H2,1-2H3. The number of allylic oxidation sites excluding steroid dienone is 1. The van der Waals surface area contributed by atoms with Gasteiger partial charge in [0.1, 0.15) is 0 Å². The Kier molecular flexibility index (Phi) is 1.79. The maximum atomic E-state index is 2.45. The Bertz CT molecular complexity index is 659. The first-order valence-electron chi connectivity index (χ1n) is 6.79. The van der Waals surface area contributed by atoms with E-state index in [1.54, 1.807) is 11.1 Å². The highest BCUT2D eigenvalue weighted by Crippen LogP contribution is 2.53. The van der Waals surface area contributed by atoms with Crippen LogP contribution in [0.5, 0.6) is 0 Å². The van der Waals surface area contributed by atoms with E-state index in [0.29, 0.717) is 0 Å². The fourth-order valence-corrected chi connectivity index (χ4v) is 3.75. The molecular weight excluding hydrogens is 204 g/mol. The van der Waals surface area contributed by atoms with Crippen LogP contribution in [-0.4, -0.2) is 0 Å². The van der Waals surface area contributed by atoms with E-state index in [-0.39, 0.29) is 0 Å². The SMILES string of the molecule is Cc1c2c(c(C)c3c1=CCCC=3)C1CC1C=C2. The summed E-state index contributed by atoms with van der Waals surface area (Å²) in [5.74, 6) is 1.69. The van der Waals surface area contributed by atoms with Gasteiger partial charge < -0.3 is 0 Å². The van der Waals surface area contributed by atoms with Crippen molar-refractivity contribution in [2.75, 3.05) is 0 Å². The molecule has 1 aromatic carbocycles. The van der Waals surface area contributed by atoms with Crippen LogP contribution in [0.15, 0.2) is 6.08 Å². The Morgan fingerprint density at radius 3 is 2.47 bits per heavy atom. The van der Waals surface area contributed by atoms with Gasteiger partial charge in [-0.05, 0) is 77.6 Å². The molecule has 0 bridgehead atoms. The molecule has 17 heavy (non-hydrogen) atoms. The third kappa shape index (κ3) is 1.19. The van der Waals surface area contributed by atoms with Crippen LogP contribution < -0.4 is 10.4 Å². The molecule has 0 aromatic heterocycles. The first-order valence-corrected chi connectivity index (χ1v) is 6.79. The summed E-state index contributed by atoms with van der Waals surface area (Å²) in [7, 11) is 0. The van der Waals surface area contributed by atoms with Crippen molar-refractivity contribution in [2.45, 2.75) is 39.0 Å². The van der Waals surface area contributed by atoms with Crippen molar-refractivity contribution in [1.29, 1.82) is 0 Å². The van der Waals surface area contributed by atoms with Crippen molar-refractivity contribution in [3.63, 3.8) is 0 Å². The molecule has 0 heterocycles. The molecule has 86 valence electrons. The zero-order chi connectivity index (χ0) is 11.6. The largest absolute Gasteiger partial charge is 0.0802 e. The van der Waals surface area contributed by atoms with Crippen LogP contribution in [0.1, 0.15) is 47.4 Å². The van der Waals surface area contributed by atoms with E-state index in [4.69, 9.17) is 0 Å². The second-order valence-electron chi connectivity index (χ2n) is 5.76. The maximum absolute atomic E-state index is 2.45. The average molecular weight is 222 g/mol. The van der Waals surface area contributed by atoms with Gasteiger partial charge in [0.2, 0.25) is 0 Å². The van der Waals surface area contributed by atoms with E-state index in [2.05, 4.69) is 38.2 Å². The van der Waals surface area contributed by atoms with Crippen molar-refractivity contribution in [1.82, 2.24) is 0 Å². The molecule has 0 spiro atoms. The summed E-state index contributed by atoms with van der Waals surface area (Å²) in [5, 5.41) is 3.05. The number of fused-ring (bicyclic) bond motifs is 4. The summed E-state index contributed by atoms with van der Waals surface area (Å²) in [6.45, 7) is 4.64. The van der Waals surface area contributed by atoms with Gasteiger partial charge in [-0.3, -0.25) is 0 Å². The zero-order valence-corrected chi connectivity index (χ0v) is 10.6. The van der Waals surface area contributed by atoms with E-state index in [0.717, 1.165) is 11.8 Å². The Labute approximate surface area is 102 Å². The van der Waals surface area contributed by atoms with E-state index in [1.807, 2.05) is 0 Å². The second kappa shape index (κ2) is 3.13. The summed E-state index contributed by atoms with van der Waals surface area (Å²) >= 11 is 0. The van der Waals surface area contributed by atoms with Crippen LogP contribution in [0.2, 0.25) is 0 Å². The smallest absolute Gasteiger partial charge is 0.00840 e. The lowest BCUT2D eigenvalue weighted by molar-refractivity contribution is 0.963. The highest BCUT2D eigenvalue weighted by molar-refractivity contribution is 5.68. The molecule has 1 aromatic rings. The molecule has 0 radical (unpaired) electrons. The molecule has 3 aliphatic carbocycles. The van der Waals surface area contributed by atoms with Crippen molar-refractivity contribution in [3.8, 4) is 0 Å². The Morgan fingerprint density at radius 2 is 1.71 bits per heavy atom. The molecule has 4 rings (SSSR count). The molecule has 0 amide bonds. The fourth-order valence-electron chi connectivity index (χ4n) is 3.75. The average Bonchev–Trinajstić information content (AvgIpc) is 3.14. The van der Waals surface area contributed by atoms with Gasteiger partial charge in [-0.2, -0.15) is 0 Å². The summed E-state index contributed by atoms with van der Waals surface area (Å²) in [5.41, 5.74) is 6.28. The van der Waals surface area contributed by atoms with Crippen LogP contribution in [0, 0.1) is 19.8 Å². The number of hydrogen-bond donors (Lipinski definition) is 0. The molecule has 0 saturated heterocycles. The minimum atomic E-state index is 0.842. The van der Waals surface area contributed by atoms with Gasteiger partial charge in [-0.1, -0.05) is 24.3 Å². The van der Waals surface area contributed by atoms with Crippen LogP contribution in [-0.2, 0) is 0 Å². The lowest BCUT2D eigenvalue weighted by Crippen LogP contribution is -2.34. The van der Waals surface area contributed by atoms with Gasteiger partial charge in [0.15, 0.2) is 0 Å². The summed E-state index contributed by atoms with van der Waals surface area (Å²) in [6, 6.07) is 0. The number of hydrogen-bond acceptors (Lipinski definition) is 0. The third-order valence-electron chi connectivity index (χ3n) is 4.78. The zero-order valence-electron chi connectivity index (χ0n) is 10.6. The van der Waals surface area contributed by atoms with Crippen LogP contribution >= 0.6 is 0 Å². The first kappa shape index (κ1) is 9.70. The highest BCUT2D eigenvalue weighted by Gasteiger charge is 2.41. The molecular formula is C17H18. The number of rotatable bonds is 0. The van der Waals surface area contributed by atoms with Crippen LogP contribution in [0.3, 0.4) is 0 Å². The van der Waals surface area contributed by atoms with Gasteiger partial charge in [0.05, 0.1) is 0 Å². The predicted molar refractivity (Wildman–Crippen MR) is 73.2 cm³/mol. The van der Waals surface area contributed by atoms with E-state index < -0.39 is 0 Å². The van der Waals surface area contributed by atoms with E-state index >= 15 is 0 Å². The minimum absolute atomic E-state index is 0.842. The lowest BCUT2D eigenvalue weighted by atomic mass is 9.85. The molecule has 3 aliphatic rings. The van der Waals surface area contributed by atoms with Gasteiger partial charge in [-0.25, -0.2) is 0 Å². The van der Waals surface area contributed by atoms with Gasteiger partial charge in [0, 0.05) is 0 Å². The molecule has 1 saturated carbocycles. The second-order valence-corrected chi connectivity index (χ2v) is 5.76. The summed E-state index contributed by atoms with van der Waals surface area (Å²) in [4.78, 5) is 0. The quantitative estimate of drug-likeness (QED) is 0.633. The Morgan fingerprint density at radius 1 is 1.00 bits per heavy atom. The summed E-state index contributed by atoms with van der Waals surface area (Å²) in [6.07, 6.45) is 13.5. The Balaban J connectivity index is 2.19. The monoisotopic (exact) mass is 222 g/mol. The molecule has 0 heteroatoms. The molecule has 2 atom stereocenters. The van der Waals surface area contributed by atoms with Crippen LogP contribution in [0.4, 0.5) is 0 Å². The lowest BCUT2D eigenvalue weighted by Gasteiger charge is -2.19. The minimum Gasteiger partial charge on any atom is -0.0802 e. The first-order chi connectivity index (χ1) is 8.27. The summed E-state index contributed by atoms with van der Waals surface area (Å²) < 4.78 is 0. The topological polar surface area (TPSA) is 0 Å². The predicted octanol–water partition coefficient (Wildman–Crippen LogP) is 2.79.